The third-order valence-corrected chi connectivity index (χ3v) is 6.07. The van der Waals surface area contributed by atoms with Crippen LogP contribution in [0.25, 0.3) is 11.1 Å². The number of ether oxygens (including phenoxy) is 1. The van der Waals surface area contributed by atoms with Crippen LogP contribution in [-0.2, 0) is 10.2 Å². The van der Waals surface area contributed by atoms with Gasteiger partial charge in [-0.2, -0.15) is 0 Å². The molecule has 5 rings (SSSR count). The van der Waals surface area contributed by atoms with Crippen LogP contribution in [0.3, 0.4) is 0 Å². The summed E-state index contributed by atoms with van der Waals surface area (Å²) in [5.74, 6) is -1.09. The summed E-state index contributed by atoms with van der Waals surface area (Å²) >= 11 is 0. The zero-order chi connectivity index (χ0) is 20.7. The van der Waals surface area contributed by atoms with Crippen LogP contribution >= 0.6 is 0 Å². The van der Waals surface area contributed by atoms with E-state index in [9.17, 15) is 14.7 Å². The molecule has 2 aliphatic rings. The van der Waals surface area contributed by atoms with Gasteiger partial charge in [0.05, 0.1) is 0 Å². The highest BCUT2D eigenvalue weighted by atomic mass is 16.5. The molecule has 0 saturated heterocycles. The lowest BCUT2D eigenvalue weighted by Gasteiger charge is -2.17. The quantitative estimate of drug-likeness (QED) is 0.645. The summed E-state index contributed by atoms with van der Waals surface area (Å²) in [6.45, 7) is 0.494. The lowest BCUT2D eigenvalue weighted by molar-refractivity contribution is 0.0694. The van der Waals surface area contributed by atoms with Gasteiger partial charge in [0.15, 0.2) is 0 Å². The molecule has 1 saturated carbocycles. The van der Waals surface area contributed by atoms with Crippen LogP contribution in [-0.4, -0.2) is 35.5 Å². The van der Waals surface area contributed by atoms with Gasteiger partial charge in [-0.3, -0.25) is 0 Å². The number of carboxylic acids is 1. The number of alkyl carbamates (subject to hydrolysis) is 1. The summed E-state index contributed by atoms with van der Waals surface area (Å²) in [6, 6.07) is 16.3. The topological polar surface area (TPSA) is 102 Å². The maximum atomic E-state index is 12.4. The van der Waals surface area contributed by atoms with Crippen molar-refractivity contribution in [1.82, 2.24) is 10.5 Å². The maximum Gasteiger partial charge on any atom is 0.407 e. The highest BCUT2D eigenvalue weighted by Gasteiger charge is 2.49. The van der Waals surface area contributed by atoms with Gasteiger partial charge < -0.3 is 19.7 Å². The van der Waals surface area contributed by atoms with Crippen molar-refractivity contribution in [1.29, 1.82) is 0 Å². The average molecular weight is 404 g/mol. The Balaban J connectivity index is 1.24. The van der Waals surface area contributed by atoms with Crippen molar-refractivity contribution < 1.29 is 24.0 Å². The number of nitrogens with one attached hydrogen (secondary N) is 1. The molecule has 152 valence electrons. The summed E-state index contributed by atoms with van der Waals surface area (Å²) in [7, 11) is 0. The van der Waals surface area contributed by atoms with Crippen LogP contribution in [0.5, 0.6) is 0 Å². The molecule has 1 amide bonds. The molecular formula is C23H20N2O5. The van der Waals surface area contributed by atoms with E-state index < -0.39 is 17.5 Å². The van der Waals surface area contributed by atoms with Gasteiger partial charge >= 0.3 is 12.1 Å². The van der Waals surface area contributed by atoms with E-state index in [0.717, 1.165) is 30.2 Å². The predicted octanol–water partition coefficient (Wildman–Crippen LogP) is 3.94. The van der Waals surface area contributed by atoms with E-state index in [-0.39, 0.29) is 24.6 Å². The van der Waals surface area contributed by atoms with E-state index in [1.165, 1.54) is 11.1 Å². The first-order valence-corrected chi connectivity index (χ1v) is 9.86. The van der Waals surface area contributed by atoms with Crippen LogP contribution in [0.2, 0.25) is 0 Å². The number of hydrogen-bond acceptors (Lipinski definition) is 5. The van der Waals surface area contributed by atoms with Crippen molar-refractivity contribution in [3.8, 4) is 11.1 Å². The van der Waals surface area contributed by atoms with E-state index in [4.69, 9.17) is 9.26 Å². The van der Waals surface area contributed by atoms with Crippen molar-refractivity contribution in [3.05, 3.63) is 77.2 Å². The second-order valence-electron chi connectivity index (χ2n) is 7.84. The van der Waals surface area contributed by atoms with Crippen LogP contribution in [0, 0.1) is 0 Å². The first-order chi connectivity index (χ1) is 14.6. The van der Waals surface area contributed by atoms with Gasteiger partial charge in [-0.15, -0.1) is 0 Å². The highest BCUT2D eigenvalue weighted by molar-refractivity contribution is 5.89. The number of aromatic carboxylic acids is 1. The Hall–Kier alpha value is -3.61. The normalized spacial score (nSPS) is 15.9. The molecule has 0 atom stereocenters. The molecule has 0 bridgehead atoms. The number of carboxylic acid groups (broad SMARTS) is 1. The Morgan fingerprint density at radius 3 is 2.33 bits per heavy atom. The lowest BCUT2D eigenvalue weighted by Crippen LogP contribution is -2.34. The molecule has 0 aliphatic heterocycles. The molecule has 7 nitrogen and oxygen atoms in total. The molecule has 7 heteroatoms. The number of hydrogen-bond donors (Lipinski definition) is 2. The smallest absolute Gasteiger partial charge is 0.407 e. The van der Waals surface area contributed by atoms with Crippen molar-refractivity contribution in [2.45, 2.75) is 24.2 Å². The fourth-order valence-electron chi connectivity index (χ4n) is 4.31. The Morgan fingerprint density at radius 2 is 1.73 bits per heavy atom. The second-order valence-corrected chi connectivity index (χ2v) is 7.84. The number of carbonyl (C=O) groups excluding carboxylic acids is 1. The first-order valence-electron chi connectivity index (χ1n) is 9.86. The van der Waals surface area contributed by atoms with Gasteiger partial charge in [0.25, 0.3) is 0 Å². The highest BCUT2D eigenvalue weighted by Crippen LogP contribution is 2.48. The second kappa shape index (κ2) is 7.02. The maximum absolute atomic E-state index is 12.4. The van der Waals surface area contributed by atoms with Crippen LogP contribution in [0.15, 0.2) is 59.3 Å². The fraction of sp³-hybridized carbons (Fsp3) is 0.261. The number of amides is 1. The molecule has 1 fully saturated rings. The van der Waals surface area contributed by atoms with E-state index >= 15 is 0 Å². The van der Waals surface area contributed by atoms with Gasteiger partial charge in [0.1, 0.15) is 24.1 Å². The minimum absolute atomic E-state index is 0.00723. The predicted molar refractivity (Wildman–Crippen MR) is 107 cm³/mol. The van der Waals surface area contributed by atoms with Gasteiger partial charge in [-0.1, -0.05) is 53.7 Å². The summed E-state index contributed by atoms with van der Waals surface area (Å²) in [6.07, 6.45) is 2.08. The van der Waals surface area contributed by atoms with Crippen molar-refractivity contribution in [2.75, 3.05) is 13.2 Å². The fourth-order valence-corrected chi connectivity index (χ4v) is 4.31. The molecule has 1 heterocycles. The third-order valence-electron chi connectivity index (χ3n) is 6.07. The van der Waals surface area contributed by atoms with Crippen molar-refractivity contribution >= 4 is 12.1 Å². The standard InChI is InChI=1S/C23H20N2O5/c26-21(27)19-12-30-25-20(19)23(9-10-23)13-24-22(28)29-11-18-16-7-3-1-5-14(16)15-6-2-4-8-17(15)18/h1-8,12,18H,9-11,13H2,(H,24,28)(H,26,27). The van der Waals surface area contributed by atoms with Crippen molar-refractivity contribution in [2.24, 2.45) is 0 Å². The SMILES string of the molecule is O=C(NCC1(c2nocc2C(=O)O)CC1)OCC1c2ccccc2-c2ccccc21. The lowest BCUT2D eigenvalue weighted by atomic mass is 9.98. The minimum Gasteiger partial charge on any atom is -0.478 e. The van der Waals surface area contributed by atoms with Gasteiger partial charge in [0.2, 0.25) is 0 Å². The molecule has 2 aliphatic carbocycles. The van der Waals surface area contributed by atoms with Gasteiger partial charge in [-0.05, 0) is 35.1 Å². The zero-order valence-electron chi connectivity index (χ0n) is 16.1. The first kappa shape index (κ1) is 18.4. The Bertz CT molecular complexity index is 1090. The summed E-state index contributed by atoms with van der Waals surface area (Å²) in [4.78, 5) is 23.7. The molecule has 1 aromatic heterocycles. The van der Waals surface area contributed by atoms with Crippen molar-refractivity contribution in [3.63, 3.8) is 0 Å². The van der Waals surface area contributed by atoms with Crippen LogP contribution < -0.4 is 5.32 Å². The Labute approximate surface area is 172 Å². The van der Waals surface area contributed by atoms with E-state index in [1.807, 2.05) is 24.3 Å². The molecule has 2 N–H and O–H groups in total. The number of nitrogens with zero attached hydrogens (tertiary/aromatic N) is 1. The number of aromatic nitrogens is 1. The molecule has 30 heavy (non-hydrogen) atoms. The molecule has 3 aromatic rings. The number of carbonyl (C=O) groups is 2. The largest absolute Gasteiger partial charge is 0.478 e. The molecule has 2 aromatic carbocycles. The number of rotatable bonds is 6. The van der Waals surface area contributed by atoms with E-state index in [2.05, 4.69) is 34.7 Å². The minimum atomic E-state index is -1.08. The Kier molecular flexibility index (Phi) is 4.31. The summed E-state index contributed by atoms with van der Waals surface area (Å²) < 4.78 is 10.4. The Morgan fingerprint density at radius 1 is 1.10 bits per heavy atom. The van der Waals surface area contributed by atoms with Gasteiger partial charge in [-0.25, -0.2) is 9.59 Å². The zero-order valence-corrected chi connectivity index (χ0v) is 16.1. The molecular weight excluding hydrogens is 384 g/mol. The monoisotopic (exact) mass is 404 g/mol. The van der Waals surface area contributed by atoms with E-state index in [0.29, 0.717) is 5.69 Å². The number of fused-ring (bicyclic) bond motifs is 3. The summed E-state index contributed by atoms with van der Waals surface area (Å²) in [5.41, 5.74) is 4.58. The average Bonchev–Trinajstić information content (AvgIpc) is 3.24. The number of benzene rings is 2. The summed E-state index contributed by atoms with van der Waals surface area (Å²) in [5, 5.41) is 15.9. The van der Waals surface area contributed by atoms with Crippen LogP contribution in [0.4, 0.5) is 4.79 Å². The molecule has 0 radical (unpaired) electrons. The van der Waals surface area contributed by atoms with Gasteiger partial charge in [0, 0.05) is 17.9 Å². The molecule has 0 unspecified atom stereocenters. The van der Waals surface area contributed by atoms with Crippen LogP contribution in [0.1, 0.15) is 45.9 Å². The molecule has 0 spiro atoms. The van der Waals surface area contributed by atoms with E-state index in [1.54, 1.807) is 0 Å². The third kappa shape index (κ3) is 3.03.